The molecule has 1 aliphatic rings. The molecule has 0 radical (unpaired) electrons. The number of benzene rings is 1. The van der Waals surface area contributed by atoms with Crippen molar-refractivity contribution in [1.82, 2.24) is 5.32 Å². The monoisotopic (exact) mass is 263 g/mol. The number of aliphatic carboxylic acids is 1. The molecule has 1 saturated carbocycles. The molecule has 2 N–H and O–H groups in total. The van der Waals surface area contributed by atoms with Gasteiger partial charge in [0.15, 0.2) is 0 Å². The van der Waals surface area contributed by atoms with Crippen molar-refractivity contribution < 1.29 is 14.6 Å². The van der Waals surface area contributed by atoms with E-state index in [0.29, 0.717) is 5.92 Å². The first-order valence-electron chi connectivity index (χ1n) is 6.60. The van der Waals surface area contributed by atoms with Gasteiger partial charge in [0, 0.05) is 6.54 Å². The van der Waals surface area contributed by atoms with Crippen LogP contribution in [0.5, 0.6) is 5.75 Å². The van der Waals surface area contributed by atoms with Crippen LogP contribution in [0.3, 0.4) is 0 Å². The van der Waals surface area contributed by atoms with Gasteiger partial charge in [-0.2, -0.15) is 0 Å². The highest BCUT2D eigenvalue weighted by atomic mass is 16.5. The number of carbonyl (C=O) groups is 1. The van der Waals surface area contributed by atoms with Gasteiger partial charge in [0.25, 0.3) is 0 Å². The minimum atomic E-state index is -0.664. The van der Waals surface area contributed by atoms with E-state index < -0.39 is 5.97 Å². The summed E-state index contributed by atoms with van der Waals surface area (Å²) in [6.45, 7) is 5.65. The van der Waals surface area contributed by atoms with Crippen LogP contribution in [-0.2, 0) is 11.3 Å². The number of carboxylic acids is 1. The second-order valence-corrected chi connectivity index (χ2v) is 5.32. The molecule has 1 aromatic carbocycles. The number of carboxylic acid groups (broad SMARTS) is 1. The first-order chi connectivity index (χ1) is 9.02. The van der Waals surface area contributed by atoms with E-state index >= 15 is 0 Å². The third-order valence-corrected chi connectivity index (χ3v) is 3.82. The van der Waals surface area contributed by atoms with Crippen LogP contribution in [-0.4, -0.2) is 24.7 Å². The molecule has 0 bridgehead atoms. The van der Waals surface area contributed by atoms with Gasteiger partial charge in [0.05, 0.1) is 13.0 Å². The first kappa shape index (κ1) is 13.9. The van der Waals surface area contributed by atoms with Crippen LogP contribution in [0, 0.1) is 25.7 Å². The van der Waals surface area contributed by atoms with Crippen LogP contribution in [0.25, 0.3) is 0 Å². The zero-order valence-corrected chi connectivity index (χ0v) is 11.7. The molecule has 0 heterocycles. The van der Waals surface area contributed by atoms with Crippen molar-refractivity contribution in [2.45, 2.75) is 26.8 Å². The lowest BCUT2D eigenvalue weighted by Gasteiger charge is -2.12. The Hall–Kier alpha value is -1.55. The molecule has 1 aromatic rings. The molecule has 0 aromatic heterocycles. The summed E-state index contributed by atoms with van der Waals surface area (Å²) in [5.74, 6) is 0.418. The van der Waals surface area contributed by atoms with Gasteiger partial charge in [-0.3, -0.25) is 4.79 Å². The summed E-state index contributed by atoms with van der Waals surface area (Å²) in [7, 11) is 1.68. The van der Waals surface area contributed by atoms with E-state index in [2.05, 4.69) is 18.3 Å². The summed E-state index contributed by atoms with van der Waals surface area (Å²) in [4.78, 5) is 10.7. The average Bonchev–Trinajstić information content (AvgIpc) is 3.12. The molecule has 1 aliphatic carbocycles. The molecule has 0 amide bonds. The van der Waals surface area contributed by atoms with Crippen LogP contribution in [0.4, 0.5) is 0 Å². The Bertz CT molecular complexity index is 485. The summed E-state index contributed by atoms with van der Waals surface area (Å²) >= 11 is 0. The average molecular weight is 263 g/mol. The lowest BCUT2D eigenvalue weighted by Crippen LogP contribution is -2.18. The van der Waals surface area contributed by atoms with E-state index in [0.717, 1.165) is 30.8 Å². The standard InChI is InChI=1S/C15H21NO3/c1-9-5-14(19-3)10(2)4-11(9)7-16-8-12-6-13(12)15(17)18/h4-5,12-13,16H,6-8H2,1-3H3,(H,17,18). The molecule has 0 spiro atoms. The van der Waals surface area contributed by atoms with Crippen molar-refractivity contribution in [3.63, 3.8) is 0 Å². The molecule has 4 heteroatoms. The number of ether oxygens (including phenoxy) is 1. The van der Waals surface area contributed by atoms with E-state index in [9.17, 15) is 4.79 Å². The number of methoxy groups -OCH3 is 1. The van der Waals surface area contributed by atoms with Crippen molar-refractivity contribution in [2.75, 3.05) is 13.7 Å². The van der Waals surface area contributed by atoms with Crippen molar-refractivity contribution in [1.29, 1.82) is 0 Å². The number of nitrogens with one attached hydrogen (secondary N) is 1. The van der Waals surface area contributed by atoms with E-state index in [1.807, 2.05) is 13.0 Å². The predicted octanol–water partition coefficient (Wildman–Crippen LogP) is 2.12. The number of rotatable bonds is 6. The van der Waals surface area contributed by atoms with Crippen molar-refractivity contribution in [2.24, 2.45) is 11.8 Å². The minimum Gasteiger partial charge on any atom is -0.496 e. The van der Waals surface area contributed by atoms with Gasteiger partial charge < -0.3 is 15.2 Å². The first-order valence-corrected chi connectivity index (χ1v) is 6.60. The van der Waals surface area contributed by atoms with Gasteiger partial charge in [0.1, 0.15) is 5.75 Å². The highest BCUT2D eigenvalue weighted by Crippen LogP contribution is 2.37. The number of aryl methyl sites for hydroxylation is 2. The fraction of sp³-hybridized carbons (Fsp3) is 0.533. The summed E-state index contributed by atoms with van der Waals surface area (Å²) < 4.78 is 5.29. The Labute approximate surface area is 113 Å². The number of hydrogen-bond donors (Lipinski definition) is 2. The van der Waals surface area contributed by atoms with Crippen LogP contribution < -0.4 is 10.1 Å². The molecule has 0 saturated heterocycles. The fourth-order valence-electron chi connectivity index (χ4n) is 2.43. The molecule has 104 valence electrons. The maximum Gasteiger partial charge on any atom is 0.306 e. The van der Waals surface area contributed by atoms with Crippen LogP contribution in [0.2, 0.25) is 0 Å². The zero-order valence-electron chi connectivity index (χ0n) is 11.7. The maximum atomic E-state index is 10.7. The third kappa shape index (κ3) is 3.26. The summed E-state index contributed by atoms with van der Waals surface area (Å²) in [6, 6.07) is 4.17. The third-order valence-electron chi connectivity index (χ3n) is 3.82. The highest BCUT2D eigenvalue weighted by molar-refractivity contribution is 5.73. The molecule has 2 atom stereocenters. The van der Waals surface area contributed by atoms with E-state index in [1.165, 1.54) is 11.1 Å². The smallest absolute Gasteiger partial charge is 0.306 e. The largest absolute Gasteiger partial charge is 0.496 e. The van der Waals surface area contributed by atoms with Gasteiger partial charge >= 0.3 is 5.97 Å². The van der Waals surface area contributed by atoms with Gasteiger partial charge in [-0.15, -0.1) is 0 Å². The lowest BCUT2D eigenvalue weighted by atomic mass is 10.0. The Morgan fingerprint density at radius 3 is 2.74 bits per heavy atom. The lowest BCUT2D eigenvalue weighted by molar-refractivity contribution is -0.138. The van der Waals surface area contributed by atoms with Crippen LogP contribution in [0.1, 0.15) is 23.1 Å². The van der Waals surface area contributed by atoms with Gasteiger partial charge in [-0.05, 0) is 55.5 Å². The van der Waals surface area contributed by atoms with Gasteiger partial charge in [-0.1, -0.05) is 6.07 Å². The molecule has 1 fully saturated rings. The normalized spacial score (nSPS) is 21.2. The molecule has 2 rings (SSSR count). The van der Waals surface area contributed by atoms with Crippen molar-refractivity contribution >= 4 is 5.97 Å². The summed E-state index contributed by atoms with van der Waals surface area (Å²) in [5.41, 5.74) is 3.56. The second-order valence-electron chi connectivity index (χ2n) is 5.32. The van der Waals surface area contributed by atoms with Crippen molar-refractivity contribution in [3.8, 4) is 5.75 Å². The Morgan fingerprint density at radius 1 is 1.42 bits per heavy atom. The zero-order chi connectivity index (χ0) is 14.0. The van der Waals surface area contributed by atoms with Gasteiger partial charge in [-0.25, -0.2) is 0 Å². The Balaban J connectivity index is 1.87. The summed E-state index contributed by atoms with van der Waals surface area (Å²) in [6.07, 6.45) is 0.808. The maximum absolute atomic E-state index is 10.7. The second kappa shape index (κ2) is 5.61. The minimum absolute atomic E-state index is 0.133. The van der Waals surface area contributed by atoms with Gasteiger partial charge in [0.2, 0.25) is 0 Å². The topological polar surface area (TPSA) is 58.6 Å². The van der Waals surface area contributed by atoms with Crippen LogP contribution >= 0.6 is 0 Å². The predicted molar refractivity (Wildman–Crippen MR) is 73.4 cm³/mol. The molecular formula is C15H21NO3. The number of hydrogen-bond acceptors (Lipinski definition) is 3. The molecule has 0 aliphatic heterocycles. The molecule has 19 heavy (non-hydrogen) atoms. The van der Waals surface area contributed by atoms with E-state index in [1.54, 1.807) is 7.11 Å². The molecular weight excluding hydrogens is 242 g/mol. The molecule has 4 nitrogen and oxygen atoms in total. The molecule has 2 unspecified atom stereocenters. The van der Waals surface area contributed by atoms with E-state index in [-0.39, 0.29) is 5.92 Å². The van der Waals surface area contributed by atoms with Crippen molar-refractivity contribution in [3.05, 3.63) is 28.8 Å². The highest BCUT2D eigenvalue weighted by Gasteiger charge is 2.42. The SMILES string of the molecule is COc1cc(C)c(CNCC2CC2C(=O)O)cc1C. The summed E-state index contributed by atoms with van der Waals surface area (Å²) in [5, 5.41) is 12.2. The Morgan fingerprint density at radius 2 is 2.16 bits per heavy atom. The van der Waals surface area contributed by atoms with Crippen LogP contribution in [0.15, 0.2) is 12.1 Å². The fourth-order valence-corrected chi connectivity index (χ4v) is 2.43. The Kier molecular flexibility index (Phi) is 4.10. The quantitative estimate of drug-likeness (QED) is 0.825. The van der Waals surface area contributed by atoms with E-state index in [4.69, 9.17) is 9.84 Å².